The van der Waals surface area contributed by atoms with Crippen LogP contribution in [-0.2, 0) is 14.3 Å². The van der Waals surface area contributed by atoms with Gasteiger partial charge in [-0.15, -0.1) is 0 Å². The lowest BCUT2D eigenvalue weighted by atomic mass is 9.98. The van der Waals surface area contributed by atoms with Crippen LogP contribution in [0.1, 0.15) is 50.2 Å². The molecule has 0 saturated heterocycles. The Labute approximate surface area is 193 Å². The van der Waals surface area contributed by atoms with Crippen LogP contribution in [-0.4, -0.2) is 42.3 Å². The van der Waals surface area contributed by atoms with Crippen molar-refractivity contribution in [1.82, 2.24) is 10.6 Å². The number of ether oxygens (including phenoxy) is 1. The summed E-state index contributed by atoms with van der Waals surface area (Å²) in [5, 5.41) is 14.4. The molecule has 0 saturated carbocycles. The first kappa shape index (κ1) is 24.0. The lowest BCUT2D eigenvalue weighted by molar-refractivity contribution is -0.137. The standard InChI is InChI=1S/C26H30N2O5/c1-3-8-18(15-24(29)30)28-25(31)17(2)13-14-27-26(32)33-16-23-21-11-6-4-9-19(21)20-10-5-7-12-22(20)23/h4-7,9-13,18,23H,3,8,14-16H2,1-2H3,(H,27,32)(H,28,31)(H,29,30)/b17-13+. The SMILES string of the molecule is CCCC(CC(=O)O)NC(=O)/C(C)=C/CNC(=O)OCC1c2ccccc2-c2ccccc21. The average molecular weight is 451 g/mol. The number of hydrogen-bond donors (Lipinski definition) is 3. The molecule has 0 aromatic heterocycles. The summed E-state index contributed by atoms with van der Waals surface area (Å²) in [6.45, 7) is 3.91. The van der Waals surface area contributed by atoms with Gasteiger partial charge in [0.1, 0.15) is 6.61 Å². The predicted octanol–water partition coefficient (Wildman–Crippen LogP) is 4.23. The van der Waals surface area contributed by atoms with Crippen molar-refractivity contribution in [2.75, 3.05) is 13.2 Å². The summed E-state index contributed by atoms with van der Waals surface area (Å²) in [5.41, 5.74) is 5.01. The summed E-state index contributed by atoms with van der Waals surface area (Å²) in [6.07, 6.45) is 2.26. The summed E-state index contributed by atoms with van der Waals surface area (Å²) >= 11 is 0. The number of rotatable bonds is 10. The number of benzene rings is 2. The van der Waals surface area contributed by atoms with Crippen LogP contribution < -0.4 is 10.6 Å². The molecule has 3 N–H and O–H groups in total. The Bertz CT molecular complexity index is 1000. The molecule has 0 radical (unpaired) electrons. The van der Waals surface area contributed by atoms with E-state index in [1.807, 2.05) is 31.2 Å². The van der Waals surface area contributed by atoms with Crippen LogP contribution >= 0.6 is 0 Å². The van der Waals surface area contributed by atoms with Gasteiger partial charge in [-0.25, -0.2) is 4.79 Å². The van der Waals surface area contributed by atoms with E-state index in [1.54, 1.807) is 13.0 Å². The number of amides is 2. The van der Waals surface area contributed by atoms with Gasteiger partial charge in [0.15, 0.2) is 0 Å². The minimum absolute atomic E-state index is 0.0176. The minimum Gasteiger partial charge on any atom is -0.481 e. The molecule has 1 aliphatic rings. The number of carbonyl (C=O) groups is 3. The van der Waals surface area contributed by atoms with E-state index in [0.717, 1.165) is 28.7 Å². The highest BCUT2D eigenvalue weighted by atomic mass is 16.5. The van der Waals surface area contributed by atoms with E-state index >= 15 is 0 Å². The molecule has 3 rings (SSSR count). The maximum absolute atomic E-state index is 12.3. The molecule has 0 bridgehead atoms. The molecule has 7 heteroatoms. The molecule has 0 heterocycles. The fourth-order valence-electron chi connectivity index (χ4n) is 4.11. The van der Waals surface area contributed by atoms with Gasteiger partial charge in [0.2, 0.25) is 5.91 Å². The molecule has 1 atom stereocenters. The third-order valence-corrected chi connectivity index (χ3v) is 5.75. The lowest BCUT2D eigenvalue weighted by Crippen LogP contribution is -2.37. The van der Waals surface area contributed by atoms with E-state index in [1.165, 1.54) is 0 Å². The highest BCUT2D eigenvalue weighted by Crippen LogP contribution is 2.44. The van der Waals surface area contributed by atoms with Crippen molar-refractivity contribution >= 4 is 18.0 Å². The molecule has 33 heavy (non-hydrogen) atoms. The Kier molecular flexibility index (Phi) is 8.24. The smallest absolute Gasteiger partial charge is 0.407 e. The maximum Gasteiger partial charge on any atom is 0.407 e. The topological polar surface area (TPSA) is 105 Å². The van der Waals surface area contributed by atoms with Gasteiger partial charge in [0.05, 0.1) is 6.42 Å². The number of hydrogen-bond acceptors (Lipinski definition) is 4. The Morgan fingerprint density at radius 2 is 1.67 bits per heavy atom. The third-order valence-electron chi connectivity index (χ3n) is 5.75. The molecular weight excluding hydrogens is 420 g/mol. The molecule has 2 aromatic carbocycles. The van der Waals surface area contributed by atoms with Crippen LogP contribution in [0.4, 0.5) is 4.79 Å². The Morgan fingerprint density at radius 1 is 1.06 bits per heavy atom. The summed E-state index contributed by atoms with van der Waals surface area (Å²) < 4.78 is 5.48. The van der Waals surface area contributed by atoms with Crippen molar-refractivity contribution in [3.63, 3.8) is 0 Å². The minimum atomic E-state index is -0.952. The van der Waals surface area contributed by atoms with Crippen LogP contribution in [0.5, 0.6) is 0 Å². The second kappa shape index (κ2) is 11.3. The molecule has 0 aliphatic heterocycles. The van der Waals surface area contributed by atoms with Crippen molar-refractivity contribution in [2.45, 2.75) is 45.1 Å². The first-order valence-electron chi connectivity index (χ1n) is 11.2. The molecule has 0 fully saturated rings. The fraction of sp³-hybridized carbons (Fsp3) is 0.346. The number of aliphatic carboxylic acids is 1. The molecule has 1 aliphatic carbocycles. The molecular formula is C26H30N2O5. The second-order valence-electron chi connectivity index (χ2n) is 8.15. The summed E-state index contributed by atoms with van der Waals surface area (Å²) in [5.74, 6) is -1.31. The zero-order valence-corrected chi connectivity index (χ0v) is 19.0. The first-order valence-corrected chi connectivity index (χ1v) is 11.2. The van der Waals surface area contributed by atoms with E-state index in [4.69, 9.17) is 9.84 Å². The number of carboxylic acid groups (broad SMARTS) is 1. The number of nitrogens with one attached hydrogen (secondary N) is 2. The van der Waals surface area contributed by atoms with Crippen LogP contribution in [0.3, 0.4) is 0 Å². The van der Waals surface area contributed by atoms with Crippen LogP contribution in [0.15, 0.2) is 60.2 Å². The van der Waals surface area contributed by atoms with Crippen molar-refractivity contribution in [3.05, 3.63) is 71.3 Å². The normalized spacial score (nSPS) is 13.6. The zero-order valence-electron chi connectivity index (χ0n) is 19.0. The van der Waals surface area contributed by atoms with E-state index in [9.17, 15) is 14.4 Å². The van der Waals surface area contributed by atoms with Gasteiger partial charge in [-0.3, -0.25) is 9.59 Å². The highest BCUT2D eigenvalue weighted by molar-refractivity contribution is 5.93. The van der Waals surface area contributed by atoms with Gasteiger partial charge in [0, 0.05) is 24.1 Å². The summed E-state index contributed by atoms with van der Waals surface area (Å²) in [6, 6.07) is 15.8. The largest absolute Gasteiger partial charge is 0.481 e. The van der Waals surface area contributed by atoms with Crippen molar-refractivity contribution in [2.24, 2.45) is 0 Å². The van der Waals surface area contributed by atoms with Crippen LogP contribution in [0.25, 0.3) is 11.1 Å². The van der Waals surface area contributed by atoms with Crippen molar-refractivity contribution in [1.29, 1.82) is 0 Å². The number of carbonyl (C=O) groups excluding carboxylic acids is 2. The average Bonchev–Trinajstić information content (AvgIpc) is 3.11. The number of fused-ring (bicyclic) bond motifs is 3. The van der Waals surface area contributed by atoms with Crippen molar-refractivity contribution in [3.8, 4) is 11.1 Å². The molecule has 0 spiro atoms. The van der Waals surface area contributed by atoms with Crippen molar-refractivity contribution < 1.29 is 24.2 Å². The number of carboxylic acids is 1. The third kappa shape index (κ3) is 6.22. The molecule has 7 nitrogen and oxygen atoms in total. The monoisotopic (exact) mass is 450 g/mol. The lowest BCUT2D eigenvalue weighted by Gasteiger charge is -2.16. The Morgan fingerprint density at radius 3 is 2.24 bits per heavy atom. The Hall–Kier alpha value is -3.61. The highest BCUT2D eigenvalue weighted by Gasteiger charge is 2.28. The van der Waals surface area contributed by atoms with Gasteiger partial charge in [-0.05, 0) is 35.6 Å². The van der Waals surface area contributed by atoms with Gasteiger partial charge in [0.25, 0.3) is 0 Å². The summed E-state index contributed by atoms with van der Waals surface area (Å²) in [7, 11) is 0. The second-order valence-corrected chi connectivity index (χ2v) is 8.15. The molecule has 1 unspecified atom stereocenters. The van der Waals surface area contributed by atoms with E-state index in [2.05, 4.69) is 34.9 Å². The van der Waals surface area contributed by atoms with Crippen LogP contribution in [0.2, 0.25) is 0 Å². The zero-order chi connectivity index (χ0) is 23.8. The van der Waals surface area contributed by atoms with Gasteiger partial charge in [-0.1, -0.05) is 68.0 Å². The molecule has 2 amide bonds. The number of alkyl carbamates (subject to hydrolysis) is 1. The predicted molar refractivity (Wildman–Crippen MR) is 126 cm³/mol. The summed E-state index contributed by atoms with van der Waals surface area (Å²) in [4.78, 5) is 35.5. The molecule has 174 valence electrons. The van der Waals surface area contributed by atoms with Crippen LogP contribution in [0, 0.1) is 0 Å². The van der Waals surface area contributed by atoms with E-state index in [-0.39, 0.29) is 31.4 Å². The maximum atomic E-state index is 12.3. The first-order chi connectivity index (χ1) is 15.9. The van der Waals surface area contributed by atoms with Gasteiger partial charge < -0.3 is 20.5 Å². The molecule has 2 aromatic rings. The van der Waals surface area contributed by atoms with E-state index < -0.39 is 18.1 Å². The fourth-order valence-corrected chi connectivity index (χ4v) is 4.11. The van der Waals surface area contributed by atoms with Gasteiger partial charge >= 0.3 is 12.1 Å². The van der Waals surface area contributed by atoms with E-state index in [0.29, 0.717) is 12.0 Å². The van der Waals surface area contributed by atoms with Gasteiger partial charge in [-0.2, -0.15) is 0 Å². The Balaban J connectivity index is 1.50. The quantitative estimate of drug-likeness (QED) is 0.470.